The summed E-state index contributed by atoms with van der Waals surface area (Å²) in [5, 5.41) is 0.698. The molecule has 1 aromatic heterocycles. The number of carbonyl (C=O) groups is 2. The molecular formula is C11H12ClNO5S2. The Morgan fingerprint density at radius 3 is 2.85 bits per heavy atom. The van der Waals surface area contributed by atoms with Gasteiger partial charge >= 0.3 is 5.97 Å². The molecule has 2 heterocycles. The number of hydrogen-bond donors (Lipinski definition) is 0. The maximum atomic E-state index is 11.9. The van der Waals surface area contributed by atoms with E-state index in [-0.39, 0.29) is 30.4 Å². The quantitative estimate of drug-likeness (QED) is 0.615. The van der Waals surface area contributed by atoms with E-state index in [1.54, 1.807) is 18.4 Å². The van der Waals surface area contributed by atoms with Crippen LogP contribution in [-0.4, -0.2) is 38.7 Å². The summed E-state index contributed by atoms with van der Waals surface area (Å²) in [6.07, 6.45) is -0.177. The Hall–Kier alpha value is -1.12. The first-order valence-corrected chi connectivity index (χ1v) is 9.08. The van der Waals surface area contributed by atoms with Gasteiger partial charge in [0.2, 0.25) is 15.0 Å². The number of nitrogens with zero attached hydrogens (tertiary/aromatic N) is 1. The summed E-state index contributed by atoms with van der Waals surface area (Å²) >= 11 is 1.14. The largest absolute Gasteiger partial charge is 0.462 e. The van der Waals surface area contributed by atoms with Gasteiger partial charge in [0.05, 0.1) is 12.3 Å². The fourth-order valence-corrected chi connectivity index (χ4v) is 3.77. The van der Waals surface area contributed by atoms with Crippen LogP contribution in [0, 0.1) is 0 Å². The monoisotopic (exact) mass is 337 g/mol. The zero-order chi connectivity index (χ0) is 14.9. The Balaban J connectivity index is 2.28. The van der Waals surface area contributed by atoms with E-state index in [0.29, 0.717) is 5.69 Å². The SMILES string of the molecule is CCOC(=O)c1sccc1N1CC(S(=O)(=O)Cl)CC1=O. The molecule has 20 heavy (non-hydrogen) atoms. The summed E-state index contributed by atoms with van der Waals surface area (Å²) in [5.41, 5.74) is 0.376. The number of amides is 1. The molecule has 1 aromatic rings. The second-order valence-corrected chi connectivity index (χ2v) is 7.99. The van der Waals surface area contributed by atoms with Crippen molar-refractivity contribution in [2.75, 3.05) is 18.1 Å². The third-order valence-electron chi connectivity index (χ3n) is 2.88. The van der Waals surface area contributed by atoms with E-state index in [1.165, 1.54) is 4.90 Å². The highest BCUT2D eigenvalue weighted by atomic mass is 35.7. The lowest BCUT2D eigenvalue weighted by Crippen LogP contribution is -2.27. The summed E-state index contributed by atoms with van der Waals surface area (Å²) in [6.45, 7) is 1.86. The molecule has 0 radical (unpaired) electrons. The van der Waals surface area contributed by atoms with Crippen LogP contribution in [0.5, 0.6) is 0 Å². The molecule has 9 heteroatoms. The maximum Gasteiger partial charge on any atom is 0.350 e. The van der Waals surface area contributed by atoms with Gasteiger partial charge < -0.3 is 9.64 Å². The summed E-state index contributed by atoms with van der Waals surface area (Å²) in [6, 6.07) is 1.60. The third-order valence-corrected chi connectivity index (χ3v) is 5.64. The maximum absolute atomic E-state index is 11.9. The van der Waals surface area contributed by atoms with Crippen LogP contribution >= 0.6 is 22.0 Å². The average Bonchev–Trinajstić information content (AvgIpc) is 2.94. The van der Waals surface area contributed by atoms with Gasteiger partial charge in [-0.3, -0.25) is 4.79 Å². The third kappa shape index (κ3) is 2.97. The van der Waals surface area contributed by atoms with Crippen LogP contribution in [0.2, 0.25) is 0 Å². The standard InChI is InChI=1S/C11H12ClNO5S2/c1-2-18-11(15)10-8(3-4-19-10)13-6-7(5-9(13)14)20(12,16)17/h3-4,7H,2,5-6H2,1H3. The van der Waals surface area contributed by atoms with Crippen LogP contribution in [0.25, 0.3) is 0 Å². The van der Waals surface area contributed by atoms with E-state index in [9.17, 15) is 18.0 Å². The van der Waals surface area contributed by atoms with Gasteiger partial charge in [0, 0.05) is 23.6 Å². The zero-order valence-corrected chi connectivity index (χ0v) is 12.9. The first-order chi connectivity index (χ1) is 9.34. The first-order valence-electron chi connectivity index (χ1n) is 5.83. The van der Waals surface area contributed by atoms with Crippen molar-refractivity contribution in [3.05, 3.63) is 16.3 Å². The van der Waals surface area contributed by atoms with Crippen LogP contribution in [0.3, 0.4) is 0 Å². The number of hydrogen-bond acceptors (Lipinski definition) is 6. The van der Waals surface area contributed by atoms with Crippen LogP contribution in [0.1, 0.15) is 23.0 Å². The highest BCUT2D eigenvalue weighted by molar-refractivity contribution is 8.14. The van der Waals surface area contributed by atoms with Gasteiger partial charge in [0.15, 0.2) is 0 Å². The first kappa shape index (κ1) is 15.3. The number of carbonyl (C=O) groups excluding carboxylic acids is 2. The predicted molar refractivity (Wildman–Crippen MR) is 75.8 cm³/mol. The molecule has 0 spiro atoms. The Morgan fingerprint density at radius 1 is 1.60 bits per heavy atom. The molecule has 0 aliphatic carbocycles. The number of esters is 1. The number of halogens is 1. The van der Waals surface area contributed by atoms with Crippen molar-refractivity contribution in [3.63, 3.8) is 0 Å². The molecule has 110 valence electrons. The van der Waals surface area contributed by atoms with Crippen LogP contribution in [0.4, 0.5) is 5.69 Å². The molecule has 0 N–H and O–H groups in total. The molecule has 1 atom stereocenters. The second kappa shape index (κ2) is 5.71. The van der Waals surface area contributed by atoms with E-state index < -0.39 is 20.3 Å². The van der Waals surface area contributed by atoms with Gasteiger partial charge in [-0.25, -0.2) is 13.2 Å². The number of ether oxygens (including phenoxy) is 1. The molecule has 1 fully saturated rings. The normalized spacial score (nSPS) is 19.4. The molecule has 2 rings (SSSR count). The van der Waals surface area contributed by atoms with Gasteiger partial charge in [0.25, 0.3) is 0 Å². The summed E-state index contributed by atoms with van der Waals surface area (Å²) in [5.74, 6) is -0.898. The number of rotatable bonds is 4. The van der Waals surface area contributed by atoms with Crippen molar-refractivity contribution in [1.29, 1.82) is 0 Å². The van der Waals surface area contributed by atoms with Crippen molar-refractivity contribution in [2.24, 2.45) is 0 Å². The summed E-state index contributed by atoms with van der Waals surface area (Å²) in [7, 11) is 1.48. The van der Waals surface area contributed by atoms with E-state index in [4.69, 9.17) is 15.4 Å². The van der Waals surface area contributed by atoms with E-state index in [0.717, 1.165) is 11.3 Å². The van der Waals surface area contributed by atoms with Crippen molar-refractivity contribution >= 4 is 48.6 Å². The van der Waals surface area contributed by atoms with E-state index >= 15 is 0 Å². The molecule has 1 saturated heterocycles. The lowest BCUT2D eigenvalue weighted by atomic mass is 10.3. The molecular weight excluding hydrogens is 326 g/mol. The molecule has 1 unspecified atom stereocenters. The van der Waals surface area contributed by atoms with E-state index in [1.807, 2.05) is 0 Å². The van der Waals surface area contributed by atoms with Gasteiger partial charge in [-0.05, 0) is 18.4 Å². The Kier molecular flexibility index (Phi) is 4.36. The van der Waals surface area contributed by atoms with Crippen LogP contribution in [-0.2, 0) is 18.6 Å². The Bertz CT molecular complexity index is 639. The lowest BCUT2D eigenvalue weighted by molar-refractivity contribution is -0.117. The van der Waals surface area contributed by atoms with Crippen LogP contribution in [0.15, 0.2) is 11.4 Å². The smallest absolute Gasteiger partial charge is 0.350 e. The lowest BCUT2D eigenvalue weighted by Gasteiger charge is -2.16. The minimum atomic E-state index is -3.81. The summed E-state index contributed by atoms with van der Waals surface area (Å²) < 4.78 is 27.5. The number of anilines is 1. The zero-order valence-electron chi connectivity index (χ0n) is 10.5. The van der Waals surface area contributed by atoms with Crippen molar-refractivity contribution in [2.45, 2.75) is 18.6 Å². The fraction of sp³-hybridized carbons (Fsp3) is 0.455. The van der Waals surface area contributed by atoms with Gasteiger partial charge in [-0.1, -0.05) is 0 Å². The topological polar surface area (TPSA) is 80.8 Å². The molecule has 0 saturated carbocycles. The van der Waals surface area contributed by atoms with Gasteiger partial charge in [-0.2, -0.15) is 0 Å². The van der Waals surface area contributed by atoms with Crippen molar-refractivity contribution in [3.8, 4) is 0 Å². The Morgan fingerprint density at radius 2 is 2.30 bits per heavy atom. The molecule has 0 bridgehead atoms. The molecule has 0 aromatic carbocycles. The van der Waals surface area contributed by atoms with Crippen LogP contribution < -0.4 is 4.90 Å². The van der Waals surface area contributed by atoms with Gasteiger partial charge in [0.1, 0.15) is 10.1 Å². The highest BCUT2D eigenvalue weighted by Gasteiger charge is 2.39. The fourth-order valence-electron chi connectivity index (χ4n) is 1.96. The van der Waals surface area contributed by atoms with Crippen molar-refractivity contribution < 1.29 is 22.7 Å². The predicted octanol–water partition coefficient (Wildman–Crippen LogP) is 1.60. The van der Waals surface area contributed by atoms with Crippen molar-refractivity contribution in [1.82, 2.24) is 0 Å². The second-order valence-electron chi connectivity index (χ2n) is 4.16. The van der Waals surface area contributed by atoms with Gasteiger partial charge in [-0.15, -0.1) is 11.3 Å². The minimum Gasteiger partial charge on any atom is -0.462 e. The average molecular weight is 338 g/mol. The Labute approximate surface area is 124 Å². The molecule has 1 amide bonds. The molecule has 6 nitrogen and oxygen atoms in total. The van der Waals surface area contributed by atoms with E-state index in [2.05, 4.69) is 0 Å². The minimum absolute atomic E-state index is 0.0478. The number of thiophene rings is 1. The summed E-state index contributed by atoms with van der Waals surface area (Å²) in [4.78, 5) is 25.2. The molecule has 1 aliphatic heterocycles. The molecule has 1 aliphatic rings. The highest BCUT2D eigenvalue weighted by Crippen LogP contribution is 2.32.